The lowest BCUT2D eigenvalue weighted by atomic mass is 9.75. The molecule has 4 aliphatic rings. The molecule has 1 spiro atoms. The van der Waals surface area contributed by atoms with Crippen LogP contribution >= 0.6 is 0 Å². The smallest absolute Gasteiger partial charge is 0.250 e. The molecule has 2 aromatic rings. The lowest BCUT2D eigenvalue weighted by Crippen LogP contribution is -2.54. The summed E-state index contributed by atoms with van der Waals surface area (Å²) < 4.78 is 0. The fourth-order valence-corrected chi connectivity index (χ4v) is 6.64. The number of fused-ring (bicyclic) bond motifs is 7. The van der Waals surface area contributed by atoms with Crippen molar-refractivity contribution in [1.82, 2.24) is 4.90 Å². The standard InChI is InChI=1S/C26H27N3O3/c1-13-7-9-17(12-15(13)3)29-23(30)20-19-6-5-11-28(19)26(21(20)24(29)31)18-10-8-14(2)16(4)22(18)27-25(26)32/h7-10,12,19-21H,5-6,11H2,1-4H3,(H,27,32)/t19-,20+,21+,26-/m0/s1. The summed E-state index contributed by atoms with van der Waals surface area (Å²) in [6, 6.07) is 9.61. The number of hydrogen-bond acceptors (Lipinski definition) is 4. The number of nitrogens with zero attached hydrogens (tertiary/aromatic N) is 2. The predicted octanol–water partition coefficient (Wildman–Crippen LogP) is 3.35. The van der Waals surface area contributed by atoms with Gasteiger partial charge in [-0.2, -0.15) is 0 Å². The van der Waals surface area contributed by atoms with Crippen molar-refractivity contribution in [2.45, 2.75) is 52.1 Å². The van der Waals surface area contributed by atoms with Gasteiger partial charge < -0.3 is 5.32 Å². The Bertz CT molecular complexity index is 1240. The molecule has 6 heteroatoms. The molecular weight excluding hydrogens is 402 g/mol. The minimum Gasteiger partial charge on any atom is -0.324 e. The van der Waals surface area contributed by atoms with E-state index >= 15 is 0 Å². The summed E-state index contributed by atoms with van der Waals surface area (Å²) in [7, 11) is 0. The fraction of sp³-hybridized carbons (Fsp3) is 0.423. The topological polar surface area (TPSA) is 69.7 Å². The monoisotopic (exact) mass is 429 g/mol. The van der Waals surface area contributed by atoms with E-state index < -0.39 is 17.4 Å². The van der Waals surface area contributed by atoms with Gasteiger partial charge in [-0.15, -0.1) is 0 Å². The van der Waals surface area contributed by atoms with Gasteiger partial charge in [-0.05, 0) is 81.5 Å². The Balaban J connectivity index is 1.56. The number of anilines is 2. The van der Waals surface area contributed by atoms with Gasteiger partial charge in [0.05, 0.1) is 17.5 Å². The molecule has 32 heavy (non-hydrogen) atoms. The molecule has 0 bridgehead atoms. The average molecular weight is 430 g/mol. The largest absolute Gasteiger partial charge is 0.324 e. The first-order valence-electron chi connectivity index (χ1n) is 11.4. The number of amides is 3. The van der Waals surface area contributed by atoms with Crippen molar-refractivity contribution in [1.29, 1.82) is 0 Å². The molecule has 3 fully saturated rings. The Labute approximate surface area is 187 Å². The number of rotatable bonds is 1. The number of nitrogens with one attached hydrogen (secondary N) is 1. The maximum Gasteiger partial charge on any atom is 0.250 e. The van der Waals surface area contributed by atoms with Crippen molar-refractivity contribution < 1.29 is 14.4 Å². The van der Waals surface area contributed by atoms with E-state index in [1.165, 1.54) is 4.90 Å². The summed E-state index contributed by atoms with van der Waals surface area (Å²) in [4.78, 5) is 45.0. The molecule has 0 radical (unpaired) electrons. The highest BCUT2D eigenvalue weighted by molar-refractivity contribution is 6.26. The van der Waals surface area contributed by atoms with Crippen LogP contribution in [0, 0.1) is 39.5 Å². The van der Waals surface area contributed by atoms with E-state index in [-0.39, 0.29) is 23.8 Å². The van der Waals surface area contributed by atoms with Gasteiger partial charge in [0.2, 0.25) is 17.7 Å². The van der Waals surface area contributed by atoms with E-state index in [0.29, 0.717) is 5.69 Å². The molecule has 4 aliphatic heterocycles. The highest BCUT2D eigenvalue weighted by Crippen LogP contribution is 2.61. The highest BCUT2D eigenvalue weighted by atomic mass is 16.2. The van der Waals surface area contributed by atoms with E-state index in [1.807, 2.05) is 58.0 Å². The van der Waals surface area contributed by atoms with Crippen LogP contribution in [0.25, 0.3) is 0 Å². The molecule has 164 valence electrons. The molecule has 2 aromatic carbocycles. The van der Waals surface area contributed by atoms with Crippen LogP contribution in [0.1, 0.15) is 40.7 Å². The van der Waals surface area contributed by atoms with Gasteiger partial charge in [-0.3, -0.25) is 19.3 Å². The first kappa shape index (κ1) is 19.7. The Hall–Kier alpha value is -2.99. The van der Waals surface area contributed by atoms with Crippen LogP contribution in [-0.2, 0) is 19.9 Å². The Morgan fingerprint density at radius 1 is 0.938 bits per heavy atom. The van der Waals surface area contributed by atoms with Gasteiger partial charge in [-0.25, -0.2) is 4.90 Å². The zero-order valence-corrected chi connectivity index (χ0v) is 18.9. The van der Waals surface area contributed by atoms with Crippen molar-refractivity contribution in [3.8, 4) is 0 Å². The summed E-state index contributed by atoms with van der Waals surface area (Å²) in [6.07, 6.45) is 1.75. The zero-order chi connectivity index (χ0) is 22.5. The molecule has 0 aliphatic carbocycles. The van der Waals surface area contributed by atoms with Gasteiger partial charge in [0.15, 0.2) is 0 Å². The van der Waals surface area contributed by atoms with Gasteiger partial charge >= 0.3 is 0 Å². The van der Waals surface area contributed by atoms with Crippen LogP contribution in [0.3, 0.4) is 0 Å². The number of aryl methyl sites for hydroxylation is 3. The molecule has 1 N–H and O–H groups in total. The van der Waals surface area contributed by atoms with Crippen molar-refractivity contribution in [2.75, 3.05) is 16.8 Å². The minimum absolute atomic E-state index is 0.0914. The molecule has 3 amide bonds. The first-order chi connectivity index (χ1) is 15.3. The lowest BCUT2D eigenvalue weighted by Gasteiger charge is -2.36. The maximum atomic E-state index is 14.0. The van der Waals surface area contributed by atoms with Gasteiger partial charge in [0.1, 0.15) is 5.54 Å². The lowest BCUT2D eigenvalue weighted by molar-refractivity contribution is -0.135. The Morgan fingerprint density at radius 2 is 1.69 bits per heavy atom. The number of imide groups is 1. The molecule has 6 nitrogen and oxygen atoms in total. The van der Waals surface area contributed by atoms with Crippen LogP contribution in [0.2, 0.25) is 0 Å². The molecule has 4 heterocycles. The molecule has 0 saturated carbocycles. The number of carbonyl (C=O) groups is 3. The second-order valence-electron chi connectivity index (χ2n) is 9.84. The second kappa shape index (κ2) is 6.29. The quantitative estimate of drug-likeness (QED) is 0.706. The van der Waals surface area contributed by atoms with Crippen LogP contribution in [0.15, 0.2) is 30.3 Å². The van der Waals surface area contributed by atoms with Crippen molar-refractivity contribution in [2.24, 2.45) is 11.8 Å². The van der Waals surface area contributed by atoms with Gasteiger partial charge in [0, 0.05) is 17.3 Å². The predicted molar refractivity (Wildman–Crippen MR) is 121 cm³/mol. The Kier molecular flexibility index (Phi) is 3.87. The summed E-state index contributed by atoms with van der Waals surface area (Å²) >= 11 is 0. The molecule has 6 rings (SSSR count). The van der Waals surface area contributed by atoms with Crippen molar-refractivity contribution >= 4 is 29.1 Å². The second-order valence-corrected chi connectivity index (χ2v) is 9.84. The van der Waals surface area contributed by atoms with E-state index in [4.69, 9.17) is 0 Å². The normalized spacial score (nSPS) is 30.8. The van der Waals surface area contributed by atoms with E-state index in [0.717, 1.165) is 52.9 Å². The van der Waals surface area contributed by atoms with Gasteiger partial charge in [0.25, 0.3) is 0 Å². The zero-order valence-electron chi connectivity index (χ0n) is 18.9. The summed E-state index contributed by atoms with van der Waals surface area (Å²) in [6.45, 7) is 8.74. The third-order valence-corrected chi connectivity index (χ3v) is 8.45. The first-order valence-corrected chi connectivity index (χ1v) is 11.4. The minimum atomic E-state index is -1.11. The van der Waals surface area contributed by atoms with Crippen LogP contribution in [0.4, 0.5) is 11.4 Å². The summed E-state index contributed by atoms with van der Waals surface area (Å²) in [5, 5.41) is 3.11. The molecule has 0 unspecified atom stereocenters. The Morgan fingerprint density at radius 3 is 2.44 bits per heavy atom. The van der Waals surface area contributed by atoms with E-state index in [2.05, 4.69) is 10.2 Å². The molecule has 4 atom stereocenters. The van der Waals surface area contributed by atoms with Gasteiger partial charge in [-0.1, -0.05) is 18.2 Å². The molecular formula is C26H27N3O3. The maximum absolute atomic E-state index is 14.0. The number of benzene rings is 2. The summed E-state index contributed by atoms with van der Waals surface area (Å²) in [5.74, 6) is -1.78. The fourth-order valence-electron chi connectivity index (χ4n) is 6.64. The van der Waals surface area contributed by atoms with Crippen molar-refractivity contribution in [3.63, 3.8) is 0 Å². The van der Waals surface area contributed by atoms with Crippen LogP contribution in [0.5, 0.6) is 0 Å². The van der Waals surface area contributed by atoms with E-state index in [1.54, 1.807) is 0 Å². The van der Waals surface area contributed by atoms with Crippen molar-refractivity contribution in [3.05, 3.63) is 58.1 Å². The molecule has 3 saturated heterocycles. The SMILES string of the molecule is Cc1ccc(N2C(=O)[C@@H]3[C@@H]4CCCN4[C@]4(C(=O)Nc5c4ccc(C)c5C)[C@H]3C2=O)cc1C. The van der Waals surface area contributed by atoms with Crippen LogP contribution < -0.4 is 10.2 Å². The molecule has 0 aromatic heterocycles. The average Bonchev–Trinajstić information content (AvgIpc) is 3.46. The number of carbonyl (C=O) groups excluding carboxylic acids is 3. The van der Waals surface area contributed by atoms with E-state index in [9.17, 15) is 14.4 Å². The van der Waals surface area contributed by atoms with Crippen LogP contribution in [-0.4, -0.2) is 35.2 Å². The highest BCUT2D eigenvalue weighted by Gasteiger charge is 2.74. The number of hydrogen-bond donors (Lipinski definition) is 1. The third-order valence-electron chi connectivity index (χ3n) is 8.45. The third kappa shape index (κ3) is 2.11. The summed E-state index contributed by atoms with van der Waals surface area (Å²) in [5.41, 5.74) is 5.43.